The van der Waals surface area contributed by atoms with Crippen LogP contribution < -0.4 is 15.5 Å². The minimum Gasteiger partial charge on any atom is -0.453 e. The highest BCUT2D eigenvalue weighted by atomic mass is 19.4. The zero-order valence-electron chi connectivity index (χ0n) is 28.4. The number of carbonyl (C=O) groups is 3. The molecule has 3 amide bonds. The number of piperazine rings is 1. The summed E-state index contributed by atoms with van der Waals surface area (Å²) in [5.74, 6) is -0.558. The van der Waals surface area contributed by atoms with Gasteiger partial charge in [-0.25, -0.2) is 19.3 Å². The van der Waals surface area contributed by atoms with Crippen LogP contribution in [-0.4, -0.2) is 138 Å². The van der Waals surface area contributed by atoms with E-state index in [0.29, 0.717) is 70.4 Å². The first-order valence-corrected chi connectivity index (χ1v) is 16.1. The molecule has 0 aliphatic carbocycles. The Morgan fingerprint density at radius 2 is 1.90 bits per heavy atom. The SMILES string of the molecule is COC(=O)Nc1cc(C(F)(F)F)c(-c2nc(N3CCOC[C@@H]3C)c3cc(CN4CCN(C(=O)CNC(=O)/C=C/CN(C)C)CC4)cn3n2)cn1. The maximum absolute atomic E-state index is 14.3. The first-order valence-electron chi connectivity index (χ1n) is 16.1. The number of morpholine rings is 1. The quantitative estimate of drug-likeness (QED) is 0.299. The number of rotatable bonds is 10. The van der Waals surface area contributed by atoms with Crippen LogP contribution in [0.1, 0.15) is 18.1 Å². The van der Waals surface area contributed by atoms with Crippen molar-refractivity contribution < 1.29 is 37.0 Å². The molecule has 2 aliphatic rings. The average Bonchev–Trinajstić information content (AvgIpc) is 3.49. The fourth-order valence-corrected chi connectivity index (χ4v) is 5.70. The third kappa shape index (κ3) is 9.05. The summed E-state index contributed by atoms with van der Waals surface area (Å²) in [4.78, 5) is 52.8. The van der Waals surface area contributed by atoms with Crippen molar-refractivity contribution in [2.45, 2.75) is 25.7 Å². The lowest BCUT2D eigenvalue weighted by atomic mass is 10.1. The predicted molar refractivity (Wildman–Crippen MR) is 177 cm³/mol. The molecule has 3 aromatic rings. The Bertz CT molecular complexity index is 1720. The molecule has 5 rings (SSSR count). The Hall–Kier alpha value is -4.81. The summed E-state index contributed by atoms with van der Waals surface area (Å²) < 4.78 is 54.6. The first-order chi connectivity index (χ1) is 23.8. The molecule has 2 N–H and O–H groups in total. The number of hydrogen-bond donors (Lipinski definition) is 2. The minimum atomic E-state index is -4.81. The molecule has 0 aromatic carbocycles. The second kappa shape index (κ2) is 15.8. The van der Waals surface area contributed by atoms with Crippen LogP contribution in [0, 0.1) is 0 Å². The number of nitrogens with one attached hydrogen (secondary N) is 2. The highest BCUT2D eigenvalue weighted by molar-refractivity contribution is 5.91. The molecular formula is C32H41F3N10O5. The number of alkyl halides is 3. The van der Waals surface area contributed by atoms with Gasteiger partial charge in [0.1, 0.15) is 11.3 Å². The molecule has 15 nitrogen and oxygen atoms in total. The van der Waals surface area contributed by atoms with Crippen molar-refractivity contribution in [3.63, 3.8) is 0 Å². The number of ether oxygens (including phenoxy) is 2. The van der Waals surface area contributed by atoms with Crippen LogP contribution in [0.2, 0.25) is 0 Å². The molecule has 2 aliphatic heterocycles. The number of carbonyl (C=O) groups excluding carboxylic acids is 3. The van der Waals surface area contributed by atoms with Gasteiger partial charge in [0.2, 0.25) is 11.8 Å². The van der Waals surface area contributed by atoms with Crippen molar-refractivity contribution >= 4 is 35.1 Å². The topological polar surface area (TPSA) is 150 Å². The summed E-state index contributed by atoms with van der Waals surface area (Å²) in [6, 6.07) is 2.54. The Morgan fingerprint density at radius 3 is 2.58 bits per heavy atom. The Balaban J connectivity index is 1.35. The third-order valence-electron chi connectivity index (χ3n) is 8.29. The van der Waals surface area contributed by atoms with Gasteiger partial charge >= 0.3 is 12.3 Å². The monoisotopic (exact) mass is 702 g/mol. The van der Waals surface area contributed by atoms with Gasteiger partial charge in [0.05, 0.1) is 44.0 Å². The van der Waals surface area contributed by atoms with Crippen LogP contribution in [-0.2, 0) is 31.8 Å². The van der Waals surface area contributed by atoms with Crippen molar-refractivity contribution in [3.8, 4) is 11.4 Å². The summed E-state index contributed by atoms with van der Waals surface area (Å²) in [5, 5.41) is 9.30. The van der Waals surface area contributed by atoms with E-state index in [-0.39, 0.29) is 41.6 Å². The van der Waals surface area contributed by atoms with Gasteiger partial charge in [0.25, 0.3) is 0 Å². The number of amides is 3. The molecule has 5 heterocycles. The number of likely N-dealkylation sites (N-methyl/N-ethyl adjacent to an activating group) is 1. The Kier molecular flexibility index (Phi) is 11.5. The Morgan fingerprint density at radius 1 is 1.14 bits per heavy atom. The Labute approximate surface area is 287 Å². The van der Waals surface area contributed by atoms with Gasteiger partial charge in [-0.1, -0.05) is 6.08 Å². The van der Waals surface area contributed by atoms with E-state index in [4.69, 9.17) is 4.74 Å². The first kappa shape index (κ1) is 36.5. The van der Waals surface area contributed by atoms with Crippen LogP contribution in [0.25, 0.3) is 16.9 Å². The van der Waals surface area contributed by atoms with E-state index in [1.165, 1.54) is 10.6 Å². The van der Waals surface area contributed by atoms with E-state index >= 15 is 0 Å². The summed E-state index contributed by atoms with van der Waals surface area (Å²) in [6.07, 6.45) is 0.121. The minimum absolute atomic E-state index is 0.0874. The lowest BCUT2D eigenvalue weighted by Crippen LogP contribution is -2.50. The lowest BCUT2D eigenvalue weighted by Gasteiger charge is -2.34. The van der Waals surface area contributed by atoms with Gasteiger partial charge in [-0.15, -0.1) is 5.10 Å². The standard InChI is InChI=1S/C32H41F3N10O5/c1-21-20-50-13-12-44(21)30-25-14-22(18-42-8-10-43(11-9-42)28(47)17-37-27(46)6-5-7-41(2)3)19-45(25)40-29(39-30)23-16-36-26(38-31(48)49-4)15-24(23)32(33,34)35/h5-6,14-16,19,21H,7-13,17-18,20H2,1-4H3,(H,37,46)(H,36,38,48)/b6-5+/t21-/m0/s1. The summed E-state index contributed by atoms with van der Waals surface area (Å²) >= 11 is 0. The number of fused-ring (bicyclic) bond motifs is 1. The summed E-state index contributed by atoms with van der Waals surface area (Å²) in [7, 11) is 4.87. The number of halogens is 3. The lowest BCUT2D eigenvalue weighted by molar-refractivity contribution is -0.137. The van der Waals surface area contributed by atoms with Gasteiger partial charge in [-0.3, -0.25) is 19.8 Å². The second-order valence-corrected chi connectivity index (χ2v) is 12.3. The largest absolute Gasteiger partial charge is 0.453 e. The molecule has 2 fully saturated rings. The molecule has 2 saturated heterocycles. The van der Waals surface area contributed by atoms with Crippen LogP contribution in [0.15, 0.2) is 36.7 Å². The van der Waals surface area contributed by atoms with Crippen LogP contribution >= 0.6 is 0 Å². The number of anilines is 2. The van der Waals surface area contributed by atoms with Crippen molar-refractivity contribution in [1.82, 2.24) is 39.6 Å². The summed E-state index contributed by atoms with van der Waals surface area (Å²) in [5.41, 5.74) is 0.0577. The van der Waals surface area contributed by atoms with Crippen molar-refractivity contribution in [2.24, 2.45) is 0 Å². The van der Waals surface area contributed by atoms with Gasteiger partial charge in [0, 0.05) is 64.3 Å². The van der Waals surface area contributed by atoms with Crippen LogP contribution in [0.5, 0.6) is 0 Å². The smallest absolute Gasteiger partial charge is 0.417 e. The van der Waals surface area contributed by atoms with E-state index in [0.717, 1.165) is 24.9 Å². The van der Waals surface area contributed by atoms with Crippen molar-refractivity contribution in [3.05, 3.63) is 47.8 Å². The van der Waals surface area contributed by atoms with E-state index in [1.807, 2.05) is 36.9 Å². The molecule has 1 atom stereocenters. The maximum atomic E-state index is 14.3. The number of aromatic nitrogens is 4. The zero-order chi connectivity index (χ0) is 36.0. The highest BCUT2D eigenvalue weighted by Crippen LogP contribution is 2.38. The van der Waals surface area contributed by atoms with Crippen molar-refractivity contribution in [2.75, 3.05) is 90.4 Å². The molecule has 3 aromatic heterocycles. The van der Waals surface area contributed by atoms with E-state index < -0.39 is 17.8 Å². The van der Waals surface area contributed by atoms with E-state index in [9.17, 15) is 27.6 Å². The van der Waals surface area contributed by atoms with Crippen LogP contribution in [0.4, 0.5) is 29.6 Å². The number of hydrogen-bond acceptors (Lipinski definition) is 11. The predicted octanol–water partition coefficient (Wildman–Crippen LogP) is 2.09. The highest BCUT2D eigenvalue weighted by Gasteiger charge is 2.36. The molecule has 0 unspecified atom stereocenters. The van der Waals surface area contributed by atoms with Crippen molar-refractivity contribution in [1.29, 1.82) is 0 Å². The normalized spacial score (nSPS) is 17.5. The summed E-state index contributed by atoms with van der Waals surface area (Å²) in [6.45, 7) is 6.44. The van der Waals surface area contributed by atoms with Gasteiger partial charge < -0.3 is 29.5 Å². The van der Waals surface area contributed by atoms with Gasteiger partial charge in [0.15, 0.2) is 11.6 Å². The maximum Gasteiger partial charge on any atom is 0.417 e. The number of pyridine rings is 1. The van der Waals surface area contributed by atoms with E-state index in [2.05, 4.69) is 35.3 Å². The number of nitrogens with zero attached hydrogens (tertiary/aromatic N) is 8. The van der Waals surface area contributed by atoms with E-state index in [1.54, 1.807) is 17.2 Å². The fraction of sp³-hybridized carbons (Fsp3) is 0.500. The van der Waals surface area contributed by atoms with Gasteiger partial charge in [-0.05, 0) is 38.7 Å². The number of methoxy groups -OCH3 is 1. The molecule has 50 heavy (non-hydrogen) atoms. The molecule has 18 heteroatoms. The molecular weight excluding hydrogens is 661 g/mol. The molecule has 270 valence electrons. The van der Waals surface area contributed by atoms with Gasteiger partial charge in [-0.2, -0.15) is 13.2 Å². The molecule has 0 radical (unpaired) electrons. The average molecular weight is 703 g/mol. The molecule has 0 bridgehead atoms. The zero-order valence-corrected chi connectivity index (χ0v) is 28.4. The third-order valence-corrected chi connectivity index (χ3v) is 8.29. The van der Waals surface area contributed by atoms with Crippen LogP contribution in [0.3, 0.4) is 0 Å². The fourth-order valence-electron chi connectivity index (χ4n) is 5.70. The molecule has 0 spiro atoms. The second-order valence-electron chi connectivity index (χ2n) is 12.3. The molecule has 0 saturated carbocycles.